The Labute approximate surface area is 140 Å². The van der Waals surface area contributed by atoms with Crippen molar-refractivity contribution < 1.29 is 23.5 Å². The Morgan fingerprint density at radius 2 is 1.71 bits per heavy atom. The van der Waals surface area contributed by atoms with Crippen LogP contribution < -0.4 is 10.5 Å². The van der Waals surface area contributed by atoms with Crippen LogP contribution in [0, 0.1) is 5.82 Å². The van der Waals surface area contributed by atoms with Gasteiger partial charge in [-0.1, -0.05) is 26.0 Å². The highest BCUT2D eigenvalue weighted by Gasteiger charge is 2.11. The van der Waals surface area contributed by atoms with Crippen LogP contribution in [0.1, 0.15) is 40.1 Å². The van der Waals surface area contributed by atoms with Crippen molar-refractivity contribution in [1.82, 2.24) is 0 Å². The zero-order valence-corrected chi connectivity index (χ0v) is 13.8. The molecule has 0 fully saturated rings. The highest BCUT2D eigenvalue weighted by atomic mass is 19.1. The van der Waals surface area contributed by atoms with Crippen LogP contribution in [0.5, 0.6) is 5.75 Å². The highest BCUT2D eigenvalue weighted by Crippen LogP contribution is 2.20. The summed E-state index contributed by atoms with van der Waals surface area (Å²) >= 11 is 0. The van der Waals surface area contributed by atoms with Gasteiger partial charge in [-0.3, -0.25) is 4.79 Å². The average Bonchev–Trinajstić information content (AvgIpc) is 2.62. The summed E-state index contributed by atoms with van der Waals surface area (Å²) in [6, 6.07) is 10.1. The Morgan fingerprint density at radius 3 is 2.25 bits per heavy atom. The standard InChI is InChI=1S/C16H14FNO4.C2H6/c1-21-16(20)11-4-2-10(3-5-11)9-22-14-7-6-12(17)8-13(14)15(18)19;1-2/h2-8H,9H2,1H3,(H2,18,19);1-2H3. The van der Waals surface area contributed by atoms with Crippen molar-refractivity contribution in [2.45, 2.75) is 20.5 Å². The van der Waals surface area contributed by atoms with Crippen LogP contribution in [0.3, 0.4) is 0 Å². The lowest BCUT2D eigenvalue weighted by Crippen LogP contribution is -2.13. The fraction of sp³-hybridized carbons (Fsp3) is 0.222. The first kappa shape index (κ1) is 19.2. The van der Waals surface area contributed by atoms with Gasteiger partial charge in [0.05, 0.1) is 18.2 Å². The molecule has 0 aliphatic heterocycles. The maximum absolute atomic E-state index is 13.1. The number of benzene rings is 2. The molecular formula is C18H20FNO4. The predicted octanol–water partition coefficient (Wildman–Crippen LogP) is 3.32. The minimum Gasteiger partial charge on any atom is -0.488 e. The third-order valence-corrected chi connectivity index (χ3v) is 2.98. The van der Waals surface area contributed by atoms with E-state index in [1.54, 1.807) is 24.3 Å². The van der Waals surface area contributed by atoms with Crippen molar-refractivity contribution in [2.75, 3.05) is 7.11 Å². The first-order chi connectivity index (χ1) is 11.5. The quantitative estimate of drug-likeness (QED) is 0.851. The number of amides is 1. The number of nitrogens with two attached hydrogens (primary N) is 1. The van der Waals surface area contributed by atoms with E-state index in [0.717, 1.165) is 11.6 Å². The predicted molar refractivity (Wildman–Crippen MR) is 88.4 cm³/mol. The first-order valence-electron chi connectivity index (χ1n) is 7.40. The molecular weight excluding hydrogens is 313 g/mol. The zero-order valence-electron chi connectivity index (χ0n) is 13.8. The number of esters is 1. The lowest BCUT2D eigenvalue weighted by atomic mass is 10.1. The molecule has 0 aromatic heterocycles. The summed E-state index contributed by atoms with van der Waals surface area (Å²) in [5.74, 6) is -1.56. The van der Waals surface area contributed by atoms with Crippen LogP contribution in [0.15, 0.2) is 42.5 Å². The molecule has 0 saturated carbocycles. The molecule has 128 valence electrons. The topological polar surface area (TPSA) is 78.6 Å². The van der Waals surface area contributed by atoms with Gasteiger partial charge in [-0.05, 0) is 35.9 Å². The van der Waals surface area contributed by atoms with Gasteiger partial charge in [-0.2, -0.15) is 0 Å². The number of hydrogen-bond acceptors (Lipinski definition) is 4. The van der Waals surface area contributed by atoms with E-state index in [2.05, 4.69) is 4.74 Å². The Hall–Kier alpha value is -2.89. The summed E-state index contributed by atoms with van der Waals surface area (Å²) in [5, 5.41) is 0. The van der Waals surface area contributed by atoms with Crippen LogP contribution in [0.4, 0.5) is 4.39 Å². The smallest absolute Gasteiger partial charge is 0.337 e. The number of methoxy groups -OCH3 is 1. The number of carbonyl (C=O) groups is 2. The summed E-state index contributed by atoms with van der Waals surface area (Å²) in [6.07, 6.45) is 0. The highest BCUT2D eigenvalue weighted by molar-refractivity contribution is 5.95. The number of ether oxygens (including phenoxy) is 2. The van der Waals surface area contributed by atoms with Crippen LogP contribution in [0.25, 0.3) is 0 Å². The molecule has 0 bridgehead atoms. The van der Waals surface area contributed by atoms with E-state index in [-0.39, 0.29) is 17.9 Å². The molecule has 24 heavy (non-hydrogen) atoms. The summed E-state index contributed by atoms with van der Waals surface area (Å²) < 4.78 is 23.2. The fourth-order valence-electron chi connectivity index (χ4n) is 1.84. The fourth-order valence-corrected chi connectivity index (χ4v) is 1.84. The number of hydrogen-bond donors (Lipinski definition) is 1. The van der Waals surface area contributed by atoms with Gasteiger partial charge >= 0.3 is 5.97 Å². The molecule has 1 amide bonds. The van der Waals surface area contributed by atoms with Crippen LogP contribution in [-0.4, -0.2) is 19.0 Å². The molecule has 0 radical (unpaired) electrons. The maximum atomic E-state index is 13.1. The minimum absolute atomic E-state index is 0.0221. The van der Waals surface area contributed by atoms with Crippen LogP contribution in [-0.2, 0) is 11.3 Å². The van der Waals surface area contributed by atoms with Gasteiger partial charge in [0, 0.05) is 0 Å². The second kappa shape index (κ2) is 9.29. The molecule has 2 N–H and O–H groups in total. The lowest BCUT2D eigenvalue weighted by molar-refractivity contribution is 0.0600. The largest absolute Gasteiger partial charge is 0.488 e. The van der Waals surface area contributed by atoms with Crippen molar-refractivity contribution in [3.8, 4) is 5.75 Å². The van der Waals surface area contributed by atoms with Crippen LogP contribution >= 0.6 is 0 Å². The SMILES string of the molecule is CC.COC(=O)c1ccc(COc2ccc(F)cc2C(N)=O)cc1. The lowest BCUT2D eigenvalue weighted by Gasteiger charge is -2.10. The van der Waals surface area contributed by atoms with Crippen molar-refractivity contribution in [3.63, 3.8) is 0 Å². The van der Waals surface area contributed by atoms with E-state index in [1.165, 1.54) is 19.2 Å². The first-order valence-corrected chi connectivity index (χ1v) is 7.40. The molecule has 2 rings (SSSR count). The monoisotopic (exact) mass is 333 g/mol. The number of halogens is 1. The summed E-state index contributed by atoms with van der Waals surface area (Å²) in [7, 11) is 1.30. The summed E-state index contributed by atoms with van der Waals surface area (Å²) in [6.45, 7) is 4.15. The molecule has 5 nitrogen and oxygen atoms in total. The molecule has 2 aromatic rings. The Bertz CT molecular complexity index is 699. The second-order valence-corrected chi connectivity index (χ2v) is 4.48. The van der Waals surface area contributed by atoms with Gasteiger partial charge in [-0.25, -0.2) is 9.18 Å². The van der Waals surface area contributed by atoms with Crippen molar-refractivity contribution in [2.24, 2.45) is 5.73 Å². The van der Waals surface area contributed by atoms with Gasteiger partial charge < -0.3 is 15.2 Å². The van der Waals surface area contributed by atoms with Crippen LogP contribution in [0.2, 0.25) is 0 Å². The average molecular weight is 333 g/mol. The van der Waals surface area contributed by atoms with E-state index in [4.69, 9.17) is 10.5 Å². The van der Waals surface area contributed by atoms with E-state index >= 15 is 0 Å². The van der Waals surface area contributed by atoms with Crippen molar-refractivity contribution in [3.05, 3.63) is 65.0 Å². The molecule has 0 spiro atoms. The Balaban J connectivity index is 0.00000139. The molecule has 6 heteroatoms. The molecule has 0 aliphatic carbocycles. The Kier molecular flexibility index (Phi) is 7.42. The number of primary amides is 1. The van der Waals surface area contributed by atoms with Gasteiger partial charge in [0.2, 0.25) is 0 Å². The number of rotatable bonds is 5. The number of carbonyl (C=O) groups excluding carboxylic acids is 2. The van der Waals surface area contributed by atoms with E-state index < -0.39 is 17.7 Å². The molecule has 0 unspecified atom stereocenters. The summed E-state index contributed by atoms with van der Waals surface area (Å²) in [4.78, 5) is 22.6. The van der Waals surface area contributed by atoms with E-state index in [1.807, 2.05) is 13.8 Å². The van der Waals surface area contributed by atoms with E-state index in [9.17, 15) is 14.0 Å². The molecule has 0 heterocycles. The third-order valence-electron chi connectivity index (χ3n) is 2.98. The van der Waals surface area contributed by atoms with Gasteiger partial charge in [-0.15, -0.1) is 0 Å². The van der Waals surface area contributed by atoms with Gasteiger partial charge in [0.1, 0.15) is 18.2 Å². The van der Waals surface area contributed by atoms with E-state index in [0.29, 0.717) is 5.56 Å². The second-order valence-electron chi connectivity index (χ2n) is 4.48. The third kappa shape index (κ3) is 5.08. The summed E-state index contributed by atoms with van der Waals surface area (Å²) in [5.41, 5.74) is 6.35. The normalized spacial score (nSPS) is 9.50. The van der Waals surface area contributed by atoms with Crippen molar-refractivity contribution >= 4 is 11.9 Å². The maximum Gasteiger partial charge on any atom is 0.337 e. The molecule has 0 aliphatic rings. The molecule has 2 aromatic carbocycles. The minimum atomic E-state index is -0.768. The Morgan fingerprint density at radius 1 is 1.08 bits per heavy atom. The zero-order chi connectivity index (χ0) is 18.1. The molecule has 0 atom stereocenters. The molecule has 0 saturated heterocycles. The van der Waals surface area contributed by atoms with Crippen molar-refractivity contribution in [1.29, 1.82) is 0 Å². The van der Waals surface area contributed by atoms with Gasteiger partial charge in [0.25, 0.3) is 5.91 Å². The van der Waals surface area contributed by atoms with Gasteiger partial charge in [0.15, 0.2) is 0 Å².